The van der Waals surface area contributed by atoms with Gasteiger partial charge < -0.3 is 15.5 Å². The van der Waals surface area contributed by atoms with Crippen molar-refractivity contribution < 1.29 is 4.79 Å². The largest absolute Gasteiger partial charge is 0.338 e. The van der Waals surface area contributed by atoms with E-state index >= 15 is 0 Å². The summed E-state index contributed by atoms with van der Waals surface area (Å²) in [6, 6.07) is 10.7. The van der Waals surface area contributed by atoms with Crippen LogP contribution in [-0.2, 0) is 6.42 Å². The van der Waals surface area contributed by atoms with Crippen LogP contribution in [0.2, 0.25) is 0 Å². The van der Waals surface area contributed by atoms with Crippen molar-refractivity contribution in [1.29, 1.82) is 0 Å². The lowest BCUT2D eigenvalue weighted by Gasteiger charge is -2.31. The average molecular weight is 284 g/mol. The Hall–Kier alpha value is -1.26. The lowest BCUT2D eigenvalue weighted by molar-refractivity contribution is 0.179. The molecule has 19 heavy (non-hydrogen) atoms. The molecule has 1 heterocycles. The van der Waals surface area contributed by atoms with Gasteiger partial charge in [0.15, 0.2) is 0 Å². The van der Waals surface area contributed by atoms with Gasteiger partial charge in [-0.25, -0.2) is 4.79 Å². The maximum atomic E-state index is 11.9. The maximum Gasteiger partial charge on any atom is 0.317 e. The number of carbonyl (C=O) groups is 1. The Morgan fingerprint density at radius 1 is 1.42 bits per heavy atom. The highest BCUT2D eigenvalue weighted by atomic mass is 35.5. The molecule has 1 aliphatic heterocycles. The second-order valence-electron chi connectivity index (χ2n) is 4.77. The number of piperazine rings is 1. The molecule has 5 heteroatoms. The molecule has 2 N–H and O–H groups in total. The molecule has 1 aliphatic rings. The van der Waals surface area contributed by atoms with E-state index < -0.39 is 0 Å². The predicted octanol–water partition coefficient (Wildman–Crippen LogP) is 1.65. The van der Waals surface area contributed by atoms with E-state index in [-0.39, 0.29) is 18.4 Å². The Kier molecular flexibility index (Phi) is 6.67. The van der Waals surface area contributed by atoms with Crippen LogP contribution < -0.4 is 10.6 Å². The number of urea groups is 1. The van der Waals surface area contributed by atoms with Crippen molar-refractivity contribution in [1.82, 2.24) is 15.5 Å². The zero-order valence-electron chi connectivity index (χ0n) is 11.3. The van der Waals surface area contributed by atoms with Crippen molar-refractivity contribution in [3.8, 4) is 0 Å². The highest BCUT2D eigenvalue weighted by Gasteiger charge is 2.19. The minimum absolute atomic E-state index is 0. The Balaban J connectivity index is 0.00000180. The quantitative estimate of drug-likeness (QED) is 0.886. The summed E-state index contributed by atoms with van der Waals surface area (Å²) < 4.78 is 0. The fourth-order valence-electron chi connectivity index (χ4n) is 2.19. The Morgan fingerprint density at radius 3 is 2.84 bits per heavy atom. The molecule has 0 aromatic heterocycles. The number of halogens is 1. The van der Waals surface area contributed by atoms with E-state index in [1.54, 1.807) is 0 Å². The predicted molar refractivity (Wildman–Crippen MR) is 79.8 cm³/mol. The smallest absolute Gasteiger partial charge is 0.317 e. The van der Waals surface area contributed by atoms with Crippen molar-refractivity contribution in [3.05, 3.63) is 35.9 Å². The summed E-state index contributed by atoms with van der Waals surface area (Å²) in [7, 11) is 0. The maximum absolute atomic E-state index is 11.9. The lowest BCUT2D eigenvalue weighted by atomic mass is 10.1. The molecule has 0 aliphatic carbocycles. The van der Waals surface area contributed by atoms with Gasteiger partial charge in [0.1, 0.15) is 0 Å². The van der Waals surface area contributed by atoms with Crippen LogP contribution in [0, 0.1) is 0 Å². The minimum atomic E-state index is 0. The third kappa shape index (κ3) is 5.09. The normalized spacial score (nSPS) is 18.6. The molecule has 0 spiro atoms. The first-order valence-corrected chi connectivity index (χ1v) is 6.56. The second-order valence-corrected chi connectivity index (χ2v) is 4.77. The standard InChI is InChI=1S/C14H21N3O.ClH/c1-12-11-17(10-9-15-12)14(18)16-8-7-13-5-3-2-4-6-13;/h2-6,12,15H,7-11H2,1H3,(H,16,18);1H/t12-;/m0./s1. The van der Waals surface area contributed by atoms with Crippen LogP contribution >= 0.6 is 12.4 Å². The van der Waals surface area contributed by atoms with Gasteiger partial charge in [0.05, 0.1) is 0 Å². The van der Waals surface area contributed by atoms with Gasteiger partial charge in [0, 0.05) is 32.2 Å². The van der Waals surface area contributed by atoms with Gasteiger partial charge in [0.25, 0.3) is 0 Å². The number of amides is 2. The molecule has 2 rings (SSSR count). The van der Waals surface area contributed by atoms with Gasteiger partial charge in [-0.05, 0) is 18.9 Å². The number of hydrogen-bond donors (Lipinski definition) is 2. The summed E-state index contributed by atoms with van der Waals surface area (Å²) >= 11 is 0. The number of nitrogens with zero attached hydrogens (tertiary/aromatic N) is 1. The molecule has 1 atom stereocenters. The summed E-state index contributed by atoms with van der Waals surface area (Å²) in [6.07, 6.45) is 0.883. The zero-order valence-corrected chi connectivity index (χ0v) is 12.1. The van der Waals surface area contributed by atoms with E-state index in [1.165, 1.54) is 5.56 Å². The molecule has 106 valence electrons. The molecular weight excluding hydrogens is 262 g/mol. The topological polar surface area (TPSA) is 44.4 Å². The first-order chi connectivity index (χ1) is 8.75. The summed E-state index contributed by atoms with van der Waals surface area (Å²) in [4.78, 5) is 13.8. The van der Waals surface area contributed by atoms with Crippen molar-refractivity contribution in [2.24, 2.45) is 0 Å². The Morgan fingerprint density at radius 2 is 2.16 bits per heavy atom. The van der Waals surface area contributed by atoms with E-state index in [9.17, 15) is 4.79 Å². The molecule has 1 aromatic carbocycles. The molecule has 0 radical (unpaired) electrons. The van der Waals surface area contributed by atoms with E-state index in [0.717, 1.165) is 26.1 Å². The highest BCUT2D eigenvalue weighted by molar-refractivity contribution is 5.85. The Bertz CT molecular complexity index is 386. The van der Waals surface area contributed by atoms with Crippen LogP contribution in [-0.4, -0.2) is 43.2 Å². The molecule has 1 fully saturated rings. The van der Waals surface area contributed by atoms with Gasteiger partial charge in [0.2, 0.25) is 0 Å². The van der Waals surface area contributed by atoms with Gasteiger partial charge >= 0.3 is 6.03 Å². The van der Waals surface area contributed by atoms with Gasteiger partial charge in [-0.15, -0.1) is 12.4 Å². The fourth-order valence-corrected chi connectivity index (χ4v) is 2.19. The molecular formula is C14H22ClN3O. The van der Waals surface area contributed by atoms with E-state index in [2.05, 4.69) is 29.7 Å². The molecule has 1 aromatic rings. The average Bonchev–Trinajstić information content (AvgIpc) is 2.40. The lowest BCUT2D eigenvalue weighted by Crippen LogP contribution is -2.54. The van der Waals surface area contributed by atoms with Crippen LogP contribution in [0.15, 0.2) is 30.3 Å². The monoisotopic (exact) mass is 283 g/mol. The van der Waals surface area contributed by atoms with Gasteiger partial charge in [-0.1, -0.05) is 30.3 Å². The first kappa shape index (κ1) is 15.8. The molecule has 4 nitrogen and oxygen atoms in total. The number of rotatable bonds is 3. The zero-order chi connectivity index (χ0) is 12.8. The van der Waals surface area contributed by atoms with Crippen molar-refractivity contribution in [2.75, 3.05) is 26.2 Å². The number of nitrogens with one attached hydrogen (secondary N) is 2. The second kappa shape index (κ2) is 8.02. The summed E-state index contributed by atoms with van der Waals surface area (Å²) in [5.74, 6) is 0. The SMILES string of the molecule is C[C@H]1CN(C(=O)NCCc2ccccc2)CCN1.Cl. The highest BCUT2D eigenvalue weighted by Crippen LogP contribution is 2.00. The molecule has 0 bridgehead atoms. The van der Waals surface area contributed by atoms with Crippen LogP contribution in [0.5, 0.6) is 0 Å². The van der Waals surface area contributed by atoms with Crippen molar-refractivity contribution in [2.45, 2.75) is 19.4 Å². The Labute approximate surface area is 121 Å². The number of benzene rings is 1. The third-order valence-corrected chi connectivity index (χ3v) is 3.19. The summed E-state index contributed by atoms with van der Waals surface area (Å²) in [5.41, 5.74) is 1.26. The summed E-state index contributed by atoms with van der Waals surface area (Å²) in [6.45, 7) is 5.26. The van der Waals surface area contributed by atoms with Crippen LogP contribution in [0.1, 0.15) is 12.5 Å². The van der Waals surface area contributed by atoms with Crippen molar-refractivity contribution in [3.63, 3.8) is 0 Å². The van der Waals surface area contributed by atoms with E-state index in [4.69, 9.17) is 0 Å². The van der Waals surface area contributed by atoms with E-state index in [1.807, 2.05) is 23.1 Å². The van der Waals surface area contributed by atoms with Crippen LogP contribution in [0.25, 0.3) is 0 Å². The van der Waals surface area contributed by atoms with Crippen molar-refractivity contribution >= 4 is 18.4 Å². The molecule has 1 saturated heterocycles. The van der Waals surface area contributed by atoms with Gasteiger partial charge in [-0.2, -0.15) is 0 Å². The molecule has 0 saturated carbocycles. The van der Waals surface area contributed by atoms with Crippen LogP contribution in [0.3, 0.4) is 0 Å². The molecule has 2 amide bonds. The molecule has 0 unspecified atom stereocenters. The van der Waals surface area contributed by atoms with E-state index in [0.29, 0.717) is 12.6 Å². The third-order valence-electron chi connectivity index (χ3n) is 3.19. The first-order valence-electron chi connectivity index (χ1n) is 6.56. The minimum Gasteiger partial charge on any atom is -0.338 e. The summed E-state index contributed by atoms with van der Waals surface area (Å²) in [5, 5.41) is 6.31. The number of carbonyl (C=O) groups excluding carboxylic acids is 1. The fraction of sp³-hybridized carbons (Fsp3) is 0.500. The van der Waals surface area contributed by atoms with Crippen LogP contribution in [0.4, 0.5) is 4.79 Å². The number of hydrogen-bond acceptors (Lipinski definition) is 2. The van der Waals surface area contributed by atoms with Gasteiger partial charge in [-0.3, -0.25) is 0 Å².